The number of carboxylic acids is 2. The Morgan fingerprint density at radius 3 is 2.70 bits per heavy atom. The summed E-state index contributed by atoms with van der Waals surface area (Å²) in [4.78, 5) is 37.1. The highest BCUT2D eigenvalue weighted by Gasteiger charge is 2.54. The van der Waals surface area contributed by atoms with Crippen molar-refractivity contribution in [1.29, 1.82) is 0 Å². The lowest BCUT2D eigenvalue weighted by molar-refractivity contribution is -0.187. The average molecular weight is 445 g/mol. The lowest BCUT2D eigenvalue weighted by atomic mass is 10.0. The van der Waals surface area contributed by atoms with Crippen molar-refractivity contribution < 1.29 is 38.8 Å². The SMILES string of the molecule is [C-]#[N+]CC(OC[C@H]1O[C@@H](n2cnc3c(N)nc(Cl)nc32)[C@@H](F)[C@@H]1O)(C(=O)O)C(=O)O. The third-order valence-electron chi connectivity index (χ3n) is 4.48. The van der Waals surface area contributed by atoms with E-state index < -0.39 is 55.3 Å². The number of imidazole rings is 1. The third-order valence-corrected chi connectivity index (χ3v) is 4.64. The van der Waals surface area contributed by atoms with E-state index in [1.165, 1.54) is 0 Å². The highest BCUT2D eigenvalue weighted by atomic mass is 35.5. The first kappa shape index (κ1) is 21.6. The minimum absolute atomic E-state index is 0.0207. The first-order chi connectivity index (χ1) is 14.1. The highest BCUT2D eigenvalue weighted by molar-refractivity contribution is 6.28. The molecule has 1 aliphatic rings. The van der Waals surface area contributed by atoms with Crippen molar-refractivity contribution in [2.24, 2.45) is 0 Å². The smallest absolute Gasteiger partial charge is 0.356 e. The zero-order valence-corrected chi connectivity index (χ0v) is 15.6. The average Bonchev–Trinajstić information content (AvgIpc) is 3.20. The molecule has 4 atom stereocenters. The van der Waals surface area contributed by atoms with Crippen LogP contribution in [0, 0.1) is 6.57 Å². The second-order valence-corrected chi connectivity index (χ2v) is 6.60. The number of aliphatic hydroxyl groups is 1. The van der Waals surface area contributed by atoms with Gasteiger partial charge in [-0.15, -0.1) is 0 Å². The van der Waals surface area contributed by atoms with Crippen molar-refractivity contribution >= 4 is 40.5 Å². The normalized spacial score (nSPS) is 24.1. The van der Waals surface area contributed by atoms with Crippen molar-refractivity contribution in [2.45, 2.75) is 30.2 Å². The highest BCUT2D eigenvalue weighted by Crippen LogP contribution is 2.35. The van der Waals surface area contributed by atoms with Gasteiger partial charge in [-0.05, 0) is 11.6 Å². The molecule has 2 aromatic rings. The molecule has 160 valence electrons. The van der Waals surface area contributed by atoms with Crippen LogP contribution < -0.4 is 5.73 Å². The second kappa shape index (κ2) is 7.95. The van der Waals surface area contributed by atoms with E-state index in [9.17, 15) is 29.3 Å². The molecule has 1 fully saturated rings. The largest absolute Gasteiger partial charge is 0.478 e. The molecule has 3 rings (SSSR count). The van der Waals surface area contributed by atoms with Gasteiger partial charge in [-0.3, -0.25) is 4.57 Å². The third kappa shape index (κ3) is 3.48. The number of ether oxygens (including phenoxy) is 2. The van der Waals surface area contributed by atoms with Gasteiger partial charge in [0.2, 0.25) is 5.28 Å². The minimum atomic E-state index is -2.90. The lowest BCUT2D eigenvalue weighted by Gasteiger charge is -2.23. The van der Waals surface area contributed by atoms with Crippen molar-refractivity contribution in [2.75, 3.05) is 18.9 Å². The molecular formula is C15H14ClFN6O7. The van der Waals surface area contributed by atoms with E-state index in [1.54, 1.807) is 0 Å². The van der Waals surface area contributed by atoms with Crippen LogP contribution in [0.1, 0.15) is 6.23 Å². The molecule has 0 radical (unpaired) electrons. The molecule has 15 heteroatoms. The maximum atomic E-state index is 14.7. The number of carbonyl (C=O) groups is 2. The van der Waals surface area contributed by atoms with Crippen molar-refractivity contribution in [1.82, 2.24) is 19.5 Å². The van der Waals surface area contributed by atoms with Gasteiger partial charge in [0.25, 0.3) is 6.54 Å². The summed E-state index contributed by atoms with van der Waals surface area (Å²) >= 11 is 5.76. The van der Waals surface area contributed by atoms with Crippen molar-refractivity contribution in [3.05, 3.63) is 23.0 Å². The van der Waals surface area contributed by atoms with Gasteiger partial charge in [0, 0.05) is 0 Å². The Bertz CT molecular complexity index is 1030. The molecule has 5 N–H and O–H groups in total. The molecule has 1 aliphatic heterocycles. The van der Waals surface area contributed by atoms with E-state index in [-0.39, 0.29) is 22.3 Å². The summed E-state index contributed by atoms with van der Waals surface area (Å²) in [6.45, 7) is 4.92. The number of aliphatic hydroxyl groups excluding tert-OH is 1. The fourth-order valence-electron chi connectivity index (χ4n) is 2.89. The molecule has 2 aromatic heterocycles. The van der Waals surface area contributed by atoms with E-state index in [1.807, 2.05) is 0 Å². The summed E-state index contributed by atoms with van der Waals surface area (Å²) in [7, 11) is 0. The van der Waals surface area contributed by atoms with Crippen LogP contribution in [0.2, 0.25) is 5.28 Å². The Morgan fingerprint density at radius 1 is 1.43 bits per heavy atom. The number of nitrogens with two attached hydrogens (primary N) is 1. The molecule has 0 aromatic carbocycles. The number of nitrogen functional groups attached to an aromatic ring is 1. The monoisotopic (exact) mass is 444 g/mol. The Labute approximate surface area is 171 Å². The summed E-state index contributed by atoms with van der Waals surface area (Å²) in [6.07, 6.45) is -5.65. The van der Waals surface area contributed by atoms with Crippen molar-refractivity contribution in [3.63, 3.8) is 0 Å². The quantitative estimate of drug-likeness (QED) is 0.245. The number of aliphatic carboxylic acids is 2. The minimum Gasteiger partial charge on any atom is -0.478 e. The first-order valence-electron chi connectivity index (χ1n) is 8.19. The van der Waals surface area contributed by atoms with Crippen LogP contribution >= 0.6 is 11.6 Å². The number of anilines is 1. The fourth-order valence-corrected chi connectivity index (χ4v) is 3.06. The van der Waals surface area contributed by atoms with Gasteiger partial charge in [-0.1, -0.05) is 0 Å². The molecule has 0 aliphatic carbocycles. The molecule has 3 heterocycles. The van der Waals surface area contributed by atoms with Gasteiger partial charge in [0.1, 0.15) is 17.7 Å². The molecule has 0 saturated carbocycles. The van der Waals surface area contributed by atoms with Gasteiger partial charge in [-0.25, -0.2) is 25.5 Å². The van der Waals surface area contributed by atoms with E-state index in [2.05, 4.69) is 19.8 Å². The lowest BCUT2D eigenvalue weighted by Crippen LogP contribution is -2.53. The van der Waals surface area contributed by atoms with E-state index >= 15 is 0 Å². The Balaban J connectivity index is 1.85. The fraction of sp³-hybridized carbons (Fsp3) is 0.467. The maximum absolute atomic E-state index is 14.7. The standard InChI is InChI=1S/C15H14ClFN6O7/c1-19-3-15(12(25)26,13(27)28)29-2-5-8(24)6(17)11(30-5)23-4-20-7-9(18)21-14(16)22-10(7)23/h4-6,8,11,24H,2-3H2,(H,25,26)(H,27,28)(H2,18,21,22)/t5-,6+,8-,11-/m1/s1. The number of fused-ring (bicyclic) bond motifs is 1. The van der Waals surface area contributed by atoms with Gasteiger partial charge in [0.15, 0.2) is 23.9 Å². The Kier molecular flexibility index (Phi) is 5.72. The first-order valence-corrected chi connectivity index (χ1v) is 8.57. The zero-order valence-electron chi connectivity index (χ0n) is 14.8. The number of hydrogen-bond acceptors (Lipinski definition) is 9. The molecular weight excluding hydrogens is 431 g/mol. The van der Waals surface area contributed by atoms with Gasteiger partial charge >= 0.3 is 17.5 Å². The number of halogens is 2. The zero-order chi connectivity index (χ0) is 22.2. The summed E-state index contributed by atoms with van der Waals surface area (Å²) in [5.74, 6) is -3.91. The summed E-state index contributed by atoms with van der Waals surface area (Å²) in [5.41, 5.74) is 2.92. The van der Waals surface area contributed by atoms with E-state index in [0.717, 1.165) is 10.9 Å². The number of alkyl halides is 1. The predicted octanol–water partition coefficient (Wildman–Crippen LogP) is -0.498. The van der Waals surface area contributed by atoms with E-state index in [0.29, 0.717) is 0 Å². The van der Waals surface area contributed by atoms with Crippen LogP contribution in [-0.4, -0.2) is 83.9 Å². The summed E-state index contributed by atoms with van der Waals surface area (Å²) in [6, 6.07) is 0. The molecule has 0 unspecified atom stereocenters. The molecule has 13 nitrogen and oxygen atoms in total. The Hall–Kier alpha value is -3.12. The van der Waals surface area contributed by atoms with Crippen LogP contribution in [0.25, 0.3) is 16.0 Å². The topological polar surface area (TPSA) is 187 Å². The van der Waals surface area contributed by atoms with Crippen LogP contribution in [-0.2, 0) is 19.1 Å². The molecule has 30 heavy (non-hydrogen) atoms. The summed E-state index contributed by atoms with van der Waals surface area (Å²) in [5, 5.41) is 28.3. The van der Waals surface area contributed by atoms with Crippen LogP contribution in [0.5, 0.6) is 0 Å². The molecule has 0 bridgehead atoms. The second-order valence-electron chi connectivity index (χ2n) is 6.27. The van der Waals surface area contributed by atoms with Crippen LogP contribution in [0.15, 0.2) is 6.33 Å². The number of aromatic nitrogens is 4. The number of nitrogens with zero attached hydrogens (tertiary/aromatic N) is 5. The Morgan fingerprint density at radius 2 is 2.10 bits per heavy atom. The molecule has 0 amide bonds. The van der Waals surface area contributed by atoms with Crippen LogP contribution in [0.3, 0.4) is 0 Å². The number of rotatable bonds is 7. The molecule has 1 saturated heterocycles. The number of hydrogen-bond donors (Lipinski definition) is 4. The van der Waals surface area contributed by atoms with Gasteiger partial charge < -0.3 is 35.4 Å². The van der Waals surface area contributed by atoms with Crippen LogP contribution in [0.4, 0.5) is 10.2 Å². The van der Waals surface area contributed by atoms with Gasteiger partial charge in [-0.2, -0.15) is 9.97 Å². The number of carboxylic acid groups (broad SMARTS) is 2. The van der Waals surface area contributed by atoms with Crippen molar-refractivity contribution in [3.8, 4) is 0 Å². The van der Waals surface area contributed by atoms with E-state index in [4.69, 9.17) is 33.4 Å². The van der Waals surface area contributed by atoms with Gasteiger partial charge in [0.05, 0.1) is 12.9 Å². The molecule has 0 spiro atoms. The predicted molar refractivity (Wildman–Crippen MR) is 95.0 cm³/mol. The summed E-state index contributed by atoms with van der Waals surface area (Å²) < 4.78 is 26.2. The maximum Gasteiger partial charge on any atom is 0.356 e.